The zero-order valence-electron chi connectivity index (χ0n) is 16.4. The molecule has 0 bridgehead atoms. The van der Waals surface area contributed by atoms with Crippen molar-refractivity contribution in [3.05, 3.63) is 65.2 Å². The van der Waals surface area contributed by atoms with Crippen molar-refractivity contribution in [3.8, 4) is 5.75 Å². The van der Waals surface area contributed by atoms with Gasteiger partial charge in [-0.15, -0.1) is 0 Å². The summed E-state index contributed by atoms with van der Waals surface area (Å²) in [4.78, 5) is 22.2. The molecule has 1 amide bonds. The van der Waals surface area contributed by atoms with Gasteiger partial charge in [0.05, 0.1) is 11.2 Å². The highest BCUT2D eigenvalue weighted by molar-refractivity contribution is 5.96. The van der Waals surface area contributed by atoms with Gasteiger partial charge in [0.25, 0.3) is 5.91 Å². The van der Waals surface area contributed by atoms with Crippen molar-refractivity contribution in [1.82, 2.24) is 20.6 Å². The molecule has 144 valence electrons. The van der Waals surface area contributed by atoms with Gasteiger partial charge in [0.15, 0.2) is 11.4 Å². The smallest absolute Gasteiger partial charge is 0.274 e. The third kappa shape index (κ3) is 3.43. The van der Waals surface area contributed by atoms with Gasteiger partial charge in [-0.25, -0.2) is 4.98 Å². The Kier molecular flexibility index (Phi) is 4.73. The van der Waals surface area contributed by atoms with Gasteiger partial charge in [-0.2, -0.15) is 0 Å². The van der Waals surface area contributed by atoms with Crippen LogP contribution in [0.1, 0.15) is 41.3 Å². The summed E-state index contributed by atoms with van der Waals surface area (Å²) in [6.07, 6.45) is 1.65. The molecule has 6 nitrogen and oxygen atoms in total. The third-order valence-electron chi connectivity index (χ3n) is 4.93. The molecule has 6 heteroatoms. The number of aryl methyl sites for hydroxylation is 1. The van der Waals surface area contributed by atoms with Gasteiger partial charge in [0, 0.05) is 35.9 Å². The molecule has 0 spiro atoms. The second-order valence-corrected chi connectivity index (χ2v) is 7.59. The second-order valence-electron chi connectivity index (χ2n) is 7.59. The van der Waals surface area contributed by atoms with E-state index in [4.69, 9.17) is 9.72 Å². The number of pyridine rings is 2. The number of carbonyl (C=O) groups excluding carboxylic acids is 1. The van der Waals surface area contributed by atoms with E-state index in [0.717, 1.165) is 34.3 Å². The third-order valence-corrected chi connectivity index (χ3v) is 4.93. The number of carbonyl (C=O) groups is 1. The molecule has 1 aliphatic rings. The molecule has 0 unspecified atom stereocenters. The van der Waals surface area contributed by atoms with Crippen LogP contribution >= 0.6 is 0 Å². The Balaban J connectivity index is 1.71. The first kappa shape index (κ1) is 18.4. The van der Waals surface area contributed by atoms with Crippen molar-refractivity contribution in [2.45, 2.75) is 32.9 Å². The Bertz CT molecular complexity index is 1050. The predicted octanol–water partition coefficient (Wildman–Crippen LogP) is 3.09. The summed E-state index contributed by atoms with van der Waals surface area (Å²) in [6.45, 7) is 7.79. The number of rotatable bonds is 3. The largest absolute Gasteiger partial charge is 0.489 e. The molecular weight excluding hydrogens is 352 g/mol. The van der Waals surface area contributed by atoms with Crippen LogP contribution in [0.2, 0.25) is 0 Å². The minimum Gasteiger partial charge on any atom is -0.489 e. The van der Waals surface area contributed by atoms with Crippen LogP contribution in [0.3, 0.4) is 0 Å². The highest BCUT2D eigenvalue weighted by atomic mass is 16.5. The van der Waals surface area contributed by atoms with Gasteiger partial charge in [-0.3, -0.25) is 9.78 Å². The van der Waals surface area contributed by atoms with Crippen LogP contribution in [-0.4, -0.2) is 29.0 Å². The van der Waals surface area contributed by atoms with Crippen molar-refractivity contribution < 1.29 is 9.53 Å². The van der Waals surface area contributed by atoms with E-state index in [1.807, 2.05) is 45.0 Å². The lowest BCUT2D eigenvalue weighted by Gasteiger charge is -2.28. The summed E-state index contributed by atoms with van der Waals surface area (Å²) < 4.78 is 5.81. The SMILES string of the molecule is Cc1cc2ccccc2c(C(C)(C)NC(=O)c2nccc3c2OCCNC3)n1. The Morgan fingerprint density at radius 1 is 1.25 bits per heavy atom. The van der Waals surface area contributed by atoms with Crippen LogP contribution in [0.15, 0.2) is 42.6 Å². The van der Waals surface area contributed by atoms with E-state index in [1.165, 1.54) is 0 Å². The topological polar surface area (TPSA) is 76.1 Å². The summed E-state index contributed by atoms with van der Waals surface area (Å²) in [6, 6.07) is 12.0. The lowest BCUT2D eigenvalue weighted by atomic mass is 9.94. The highest BCUT2D eigenvalue weighted by Crippen LogP contribution is 2.29. The Labute approximate surface area is 164 Å². The molecule has 0 atom stereocenters. The Morgan fingerprint density at radius 3 is 2.93 bits per heavy atom. The van der Waals surface area contributed by atoms with Gasteiger partial charge >= 0.3 is 0 Å². The lowest BCUT2D eigenvalue weighted by molar-refractivity contribution is 0.0901. The maximum absolute atomic E-state index is 13.1. The van der Waals surface area contributed by atoms with Crippen LogP contribution in [0.4, 0.5) is 0 Å². The van der Waals surface area contributed by atoms with Crippen LogP contribution in [0.5, 0.6) is 5.75 Å². The highest BCUT2D eigenvalue weighted by Gasteiger charge is 2.30. The second kappa shape index (κ2) is 7.20. The summed E-state index contributed by atoms with van der Waals surface area (Å²) in [5, 5.41) is 8.52. The zero-order valence-corrected chi connectivity index (χ0v) is 16.4. The Hall–Kier alpha value is -2.99. The van der Waals surface area contributed by atoms with Gasteiger partial charge in [0.2, 0.25) is 0 Å². The first-order valence-electron chi connectivity index (χ1n) is 9.46. The zero-order chi connectivity index (χ0) is 19.7. The first-order chi connectivity index (χ1) is 13.5. The summed E-state index contributed by atoms with van der Waals surface area (Å²) in [5.74, 6) is 0.291. The average Bonchev–Trinajstić information content (AvgIpc) is 2.92. The van der Waals surface area contributed by atoms with E-state index in [-0.39, 0.29) is 5.91 Å². The van der Waals surface area contributed by atoms with Crippen LogP contribution in [0.25, 0.3) is 10.8 Å². The molecule has 2 N–H and O–H groups in total. The summed E-state index contributed by atoms with van der Waals surface area (Å²) >= 11 is 0. The number of hydrogen-bond donors (Lipinski definition) is 2. The van der Waals surface area contributed by atoms with E-state index in [2.05, 4.69) is 27.8 Å². The fourth-order valence-electron chi connectivity index (χ4n) is 3.61. The molecule has 0 fully saturated rings. The number of aromatic nitrogens is 2. The number of ether oxygens (including phenoxy) is 1. The molecule has 0 saturated carbocycles. The van der Waals surface area contributed by atoms with Crippen LogP contribution < -0.4 is 15.4 Å². The number of hydrogen-bond acceptors (Lipinski definition) is 5. The minimum absolute atomic E-state index is 0.267. The van der Waals surface area contributed by atoms with Crippen LogP contribution in [0, 0.1) is 6.92 Å². The number of benzene rings is 1. The fraction of sp³-hybridized carbons (Fsp3) is 0.318. The van der Waals surface area contributed by atoms with E-state index in [1.54, 1.807) is 6.20 Å². The summed E-state index contributed by atoms with van der Waals surface area (Å²) in [5.41, 5.74) is 2.31. The Morgan fingerprint density at radius 2 is 2.07 bits per heavy atom. The minimum atomic E-state index is -0.684. The monoisotopic (exact) mass is 376 g/mol. The quantitative estimate of drug-likeness (QED) is 0.735. The predicted molar refractivity (Wildman–Crippen MR) is 108 cm³/mol. The normalized spacial score (nSPS) is 14.1. The number of nitrogens with zero attached hydrogens (tertiary/aromatic N) is 2. The van der Waals surface area contributed by atoms with Crippen molar-refractivity contribution in [3.63, 3.8) is 0 Å². The molecule has 4 rings (SSSR count). The molecule has 0 aliphatic carbocycles. The van der Waals surface area contributed by atoms with Gasteiger partial charge in [0.1, 0.15) is 6.61 Å². The van der Waals surface area contributed by atoms with Crippen molar-refractivity contribution in [2.75, 3.05) is 13.2 Å². The molecule has 28 heavy (non-hydrogen) atoms. The number of amides is 1. The number of nitrogens with one attached hydrogen (secondary N) is 2. The molecule has 3 aromatic rings. The van der Waals surface area contributed by atoms with Crippen molar-refractivity contribution in [1.29, 1.82) is 0 Å². The fourth-order valence-corrected chi connectivity index (χ4v) is 3.61. The van der Waals surface area contributed by atoms with Gasteiger partial charge in [-0.05, 0) is 38.3 Å². The van der Waals surface area contributed by atoms with E-state index >= 15 is 0 Å². The van der Waals surface area contributed by atoms with Gasteiger partial charge < -0.3 is 15.4 Å². The average molecular weight is 376 g/mol. The molecule has 0 saturated heterocycles. The maximum atomic E-state index is 13.1. The molecule has 2 aromatic heterocycles. The van der Waals surface area contributed by atoms with Crippen molar-refractivity contribution in [2.24, 2.45) is 0 Å². The van der Waals surface area contributed by atoms with E-state index < -0.39 is 5.54 Å². The van der Waals surface area contributed by atoms with Gasteiger partial charge in [-0.1, -0.05) is 24.3 Å². The molecular formula is C22H24N4O2. The number of fused-ring (bicyclic) bond motifs is 2. The molecule has 0 radical (unpaired) electrons. The van der Waals surface area contributed by atoms with E-state index in [9.17, 15) is 4.79 Å². The lowest BCUT2D eigenvalue weighted by Crippen LogP contribution is -2.42. The first-order valence-corrected chi connectivity index (χ1v) is 9.46. The molecule has 1 aromatic carbocycles. The van der Waals surface area contributed by atoms with Crippen LogP contribution in [-0.2, 0) is 12.1 Å². The molecule has 3 heterocycles. The standard InChI is InChI=1S/C22H24N4O2/c1-14-12-15-6-4-5-7-17(15)20(25-14)22(2,3)26-21(27)18-19-16(8-9-24-18)13-23-10-11-28-19/h4-9,12,23H,10-11,13H2,1-3H3,(H,26,27). The van der Waals surface area contributed by atoms with E-state index in [0.29, 0.717) is 24.6 Å². The molecule has 1 aliphatic heterocycles. The van der Waals surface area contributed by atoms with Crippen molar-refractivity contribution >= 4 is 16.7 Å². The maximum Gasteiger partial charge on any atom is 0.274 e. The summed E-state index contributed by atoms with van der Waals surface area (Å²) in [7, 11) is 0.